The third kappa shape index (κ3) is 34.4. The standard InChI is InChI=1S/C35H66I2NO8P/c1-5-6-7-8-9-10-11-12-13-14-15-19-22-25-34(39)43-30-33(31-45-47(41,42)44-28-27-38(2,3)4)46-35(40)26-23-20-17-16-18-21-24-32(37)29-36/h29,33H,5-28,30-31H2,1-4H3/p+1/b32-29+/t33-/m1/s1. The summed E-state index contributed by atoms with van der Waals surface area (Å²) >= 11 is 4.64. The van der Waals surface area contributed by atoms with Crippen LogP contribution in [0.3, 0.4) is 0 Å². The van der Waals surface area contributed by atoms with Crippen LogP contribution in [0.2, 0.25) is 0 Å². The van der Waals surface area contributed by atoms with Crippen LogP contribution in [-0.2, 0) is 32.7 Å². The molecule has 2 atom stereocenters. The summed E-state index contributed by atoms with van der Waals surface area (Å²) in [6.45, 7) is 2.16. The normalized spacial score (nSPS) is 14.1. The molecular formula is C35H67I2NO8P+. The monoisotopic (exact) mass is 914 g/mol. The lowest BCUT2D eigenvalue weighted by Crippen LogP contribution is -2.37. The molecule has 9 nitrogen and oxygen atoms in total. The maximum atomic E-state index is 12.6. The third-order valence-electron chi connectivity index (χ3n) is 7.82. The van der Waals surface area contributed by atoms with E-state index in [4.69, 9.17) is 18.5 Å². The number of rotatable bonds is 33. The zero-order valence-corrected chi connectivity index (χ0v) is 35.2. The summed E-state index contributed by atoms with van der Waals surface area (Å²) in [5.41, 5.74) is 0. The summed E-state index contributed by atoms with van der Waals surface area (Å²) in [5, 5.41) is 0. The van der Waals surface area contributed by atoms with Gasteiger partial charge in [-0.05, 0) is 55.9 Å². The molecule has 0 amide bonds. The van der Waals surface area contributed by atoms with Crippen molar-refractivity contribution in [3.05, 3.63) is 7.66 Å². The average molecular weight is 915 g/mol. The molecule has 0 rings (SSSR count). The maximum absolute atomic E-state index is 12.6. The minimum Gasteiger partial charge on any atom is -0.462 e. The number of carbonyl (C=O) groups excluding carboxylic acids is 2. The van der Waals surface area contributed by atoms with Crippen molar-refractivity contribution in [1.29, 1.82) is 0 Å². The van der Waals surface area contributed by atoms with Gasteiger partial charge in [0.2, 0.25) is 0 Å². The second-order valence-corrected chi connectivity index (χ2v) is 17.0. The largest absolute Gasteiger partial charge is 0.472 e. The predicted octanol–water partition coefficient (Wildman–Crippen LogP) is 10.6. The molecule has 12 heteroatoms. The average Bonchev–Trinajstić information content (AvgIpc) is 3.01. The molecule has 278 valence electrons. The number of unbranched alkanes of at least 4 members (excludes halogenated alkanes) is 17. The van der Waals surface area contributed by atoms with Crippen LogP contribution in [0.5, 0.6) is 0 Å². The van der Waals surface area contributed by atoms with E-state index in [-0.39, 0.29) is 25.6 Å². The lowest BCUT2D eigenvalue weighted by molar-refractivity contribution is -0.870. The van der Waals surface area contributed by atoms with E-state index in [0.29, 0.717) is 23.9 Å². The van der Waals surface area contributed by atoms with E-state index in [1.165, 1.54) is 80.6 Å². The summed E-state index contributed by atoms with van der Waals surface area (Å²) in [6.07, 6.45) is 22.7. The van der Waals surface area contributed by atoms with Crippen molar-refractivity contribution >= 4 is 64.9 Å². The molecule has 0 heterocycles. The van der Waals surface area contributed by atoms with Gasteiger partial charge in [0.15, 0.2) is 6.10 Å². The van der Waals surface area contributed by atoms with Gasteiger partial charge in [-0.15, -0.1) is 0 Å². The first-order valence-electron chi connectivity index (χ1n) is 18.1. The van der Waals surface area contributed by atoms with Gasteiger partial charge in [-0.25, -0.2) is 4.57 Å². The number of esters is 2. The molecule has 0 fully saturated rings. The van der Waals surface area contributed by atoms with Crippen LogP contribution < -0.4 is 0 Å². The number of phosphoric acid groups is 1. The molecule has 0 aromatic heterocycles. The number of quaternary nitrogens is 1. The number of halogens is 2. The third-order valence-corrected chi connectivity index (χ3v) is 11.6. The Morgan fingerprint density at radius 1 is 0.702 bits per heavy atom. The van der Waals surface area contributed by atoms with Crippen LogP contribution >= 0.6 is 53.0 Å². The number of nitrogens with zero attached hydrogens (tertiary/aromatic N) is 1. The van der Waals surface area contributed by atoms with E-state index in [1.807, 2.05) is 21.1 Å². The summed E-state index contributed by atoms with van der Waals surface area (Å²) in [4.78, 5) is 35.1. The van der Waals surface area contributed by atoms with Crippen LogP contribution in [0.1, 0.15) is 148 Å². The molecule has 47 heavy (non-hydrogen) atoms. The van der Waals surface area contributed by atoms with Gasteiger partial charge in [0.1, 0.15) is 19.8 Å². The highest BCUT2D eigenvalue weighted by Gasteiger charge is 2.27. The highest BCUT2D eigenvalue weighted by molar-refractivity contribution is 14.1. The molecule has 0 aromatic carbocycles. The molecule has 0 spiro atoms. The molecule has 0 saturated heterocycles. The van der Waals surface area contributed by atoms with Gasteiger partial charge < -0.3 is 18.9 Å². The Bertz CT molecular complexity index is 869. The quantitative estimate of drug-likeness (QED) is 0.0228. The fourth-order valence-electron chi connectivity index (χ4n) is 4.88. The highest BCUT2D eigenvalue weighted by atomic mass is 127. The van der Waals surface area contributed by atoms with Gasteiger partial charge in [-0.2, -0.15) is 0 Å². The van der Waals surface area contributed by atoms with Gasteiger partial charge >= 0.3 is 19.8 Å². The second-order valence-electron chi connectivity index (χ2n) is 13.6. The first-order valence-corrected chi connectivity index (χ1v) is 21.9. The molecule has 1 unspecified atom stereocenters. The number of ether oxygens (including phenoxy) is 2. The van der Waals surface area contributed by atoms with Crippen LogP contribution in [0.25, 0.3) is 0 Å². The molecule has 1 N–H and O–H groups in total. The minimum atomic E-state index is -4.36. The Morgan fingerprint density at radius 2 is 1.15 bits per heavy atom. The Morgan fingerprint density at radius 3 is 1.62 bits per heavy atom. The van der Waals surface area contributed by atoms with E-state index in [1.54, 1.807) is 0 Å². The van der Waals surface area contributed by atoms with Gasteiger partial charge in [-0.1, -0.05) is 132 Å². The molecule has 0 bridgehead atoms. The number of allylic oxidation sites excluding steroid dienone is 1. The first kappa shape index (κ1) is 47.2. The summed E-state index contributed by atoms with van der Waals surface area (Å²) in [7, 11) is 1.47. The molecule has 0 aliphatic rings. The molecule has 0 radical (unpaired) electrons. The first-order chi connectivity index (χ1) is 22.4. The lowest BCUT2D eigenvalue weighted by atomic mass is 10.0. The van der Waals surface area contributed by atoms with Gasteiger partial charge in [0.25, 0.3) is 0 Å². The number of carbonyl (C=O) groups is 2. The number of hydrogen-bond donors (Lipinski definition) is 1. The van der Waals surface area contributed by atoms with E-state index < -0.39 is 26.5 Å². The van der Waals surface area contributed by atoms with E-state index in [9.17, 15) is 19.0 Å². The molecule has 0 aliphatic carbocycles. The Hall–Kier alpha value is 0.210. The van der Waals surface area contributed by atoms with Crippen molar-refractivity contribution < 1.29 is 42.1 Å². The second kappa shape index (κ2) is 31.0. The fourth-order valence-corrected chi connectivity index (χ4v) is 6.31. The zero-order valence-electron chi connectivity index (χ0n) is 30.0. The van der Waals surface area contributed by atoms with Crippen LogP contribution in [0.4, 0.5) is 0 Å². The number of likely N-dealkylation sites (N-methyl/N-ethyl adjacent to an activating group) is 1. The maximum Gasteiger partial charge on any atom is 0.472 e. The van der Waals surface area contributed by atoms with Crippen molar-refractivity contribution in [2.75, 3.05) is 47.5 Å². The van der Waals surface area contributed by atoms with Crippen molar-refractivity contribution in [2.24, 2.45) is 0 Å². The molecule has 0 saturated carbocycles. The summed E-state index contributed by atoms with van der Waals surface area (Å²) in [6, 6.07) is 0. The summed E-state index contributed by atoms with van der Waals surface area (Å²) in [5.74, 6) is -0.809. The Kier molecular flexibility index (Phi) is 31.1. The zero-order chi connectivity index (χ0) is 35.2. The molecular weight excluding hydrogens is 847 g/mol. The molecule has 0 aliphatic heterocycles. The van der Waals surface area contributed by atoms with E-state index >= 15 is 0 Å². The lowest BCUT2D eigenvalue weighted by Gasteiger charge is -2.24. The van der Waals surface area contributed by atoms with Crippen molar-refractivity contribution in [3.8, 4) is 0 Å². The van der Waals surface area contributed by atoms with Gasteiger partial charge in [-0.3, -0.25) is 18.6 Å². The SMILES string of the molecule is CCCCCCCCCCCCCCCC(=O)OC[C@H](COP(=O)(O)OCC[N+](C)(C)C)OC(=O)CCCCCCCC/C(I)=C\I. The van der Waals surface area contributed by atoms with Crippen molar-refractivity contribution in [3.63, 3.8) is 0 Å². The number of hydrogen-bond acceptors (Lipinski definition) is 7. The topological polar surface area (TPSA) is 108 Å². The minimum absolute atomic E-state index is 0.0318. The van der Waals surface area contributed by atoms with E-state index in [0.717, 1.165) is 44.9 Å². The smallest absolute Gasteiger partial charge is 0.462 e. The van der Waals surface area contributed by atoms with Crippen LogP contribution in [-0.4, -0.2) is 74.9 Å². The highest BCUT2D eigenvalue weighted by Crippen LogP contribution is 2.43. The van der Waals surface area contributed by atoms with E-state index in [2.05, 4.69) is 56.2 Å². The Labute approximate surface area is 314 Å². The van der Waals surface area contributed by atoms with Crippen LogP contribution in [0, 0.1) is 0 Å². The van der Waals surface area contributed by atoms with Gasteiger partial charge in [0, 0.05) is 12.8 Å². The number of phosphoric ester groups is 1. The van der Waals surface area contributed by atoms with Crippen molar-refractivity contribution in [1.82, 2.24) is 0 Å². The molecule has 0 aromatic rings. The van der Waals surface area contributed by atoms with Crippen molar-refractivity contribution in [2.45, 2.75) is 154 Å². The summed E-state index contributed by atoms with van der Waals surface area (Å²) < 4.78 is 37.6. The Balaban J connectivity index is 4.44. The fraction of sp³-hybridized carbons (Fsp3) is 0.886. The predicted molar refractivity (Wildman–Crippen MR) is 209 cm³/mol. The van der Waals surface area contributed by atoms with Gasteiger partial charge in [0.05, 0.1) is 27.7 Å². The van der Waals surface area contributed by atoms with Crippen LogP contribution in [0.15, 0.2) is 7.66 Å².